The summed E-state index contributed by atoms with van der Waals surface area (Å²) >= 11 is 6.15. The molecule has 0 aliphatic carbocycles. The van der Waals surface area contributed by atoms with Crippen molar-refractivity contribution in [3.63, 3.8) is 0 Å². The van der Waals surface area contributed by atoms with Gasteiger partial charge in [-0.15, -0.1) is 0 Å². The molecule has 4 N–H and O–H groups in total. The minimum atomic E-state index is -0.989. The summed E-state index contributed by atoms with van der Waals surface area (Å²) in [6, 6.07) is 22.5. The molecule has 1 aromatic heterocycles. The fourth-order valence-electron chi connectivity index (χ4n) is 4.03. The van der Waals surface area contributed by atoms with Crippen molar-refractivity contribution < 1.29 is 9.90 Å². The molecule has 0 saturated heterocycles. The van der Waals surface area contributed by atoms with Crippen LogP contribution in [0.1, 0.15) is 38.8 Å². The number of rotatable bonds is 6. The molecule has 0 fully saturated rings. The van der Waals surface area contributed by atoms with Gasteiger partial charge in [-0.25, -0.2) is 4.99 Å². The molecule has 0 unspecified atom stereocenters. The summed E-state index contributed by atoms with van der Waals surface area (Å²) in [5.74, 6) is -0.139. The Morgan fingerprint density at radius 2 is 1.71 bits per heavy atom. The van der Waals surface area contributed by atoms with Crippen molar-refractivity contribution in [2.45, 2.75) is 39.3 Å². The first-order chi connectivity index (χ1) is 16.6. The number of carbonyl (C=O) groups excluding carboxylic acids is 1. The van der Waals surface area contributed by atoms with Crippen LogP contribution in [0.15, 0.2) is 77.8 Å². The van der Waals surface area contributed by atoms with E-state index in [2.05, 4.69) is 4.98 Å². The topological polar surface area (TPSA) is 94.7 Å². The molecule has 1 heterocycles. The average molecular weight is 489 g/mol. The maximum absolute atomic E-state index is 12.9. The quantitative estimate of drug-likeness (QED) is 0.283. The number of benzene rings is 3. The molecule has 4 aromatic rings. The average Bonchev–Trinajstić information content (AvgIpc) is 3.12. The van der Waals surface area contributed by atoms with Gasteiger partial charge in [0.1, 0.15) is 0 Å². The molecular weight excluding hydrogens is 460 g/mol. The van der Waals surface area contributed by atoms with Gasteiger partial charge in [-0.2, -0.15) is 0 Å². The van der Waals surface area contributed by atoms with Crippen molar-refractivity contribution in [3.8, 4) is 5.88 Å². The SMILES string of the molecule is CC(C)N(C(=O)C(C)(C)N)c1ccc(N=C(c2ccccc2)c2c(O)[nH]c3cc(Cl)ccc23)cc1. The van der Waals surface area contributed by atoms with E-state index in [4.69, 9.17) is 22.3 Å². The molecule has 35 heavy (non-hydrogen) atoms. The monoisotopic (exact) mass is 488 g/mol. The normalized spacial score (nSPS) is 12.4. The molecule has 0 aliphatic heterocycles. The van der Waals surface area contributed by atoms with Gasteiger partial charge in [-0.05, 0) is 64.1 Å². The number of halogens is 1. The van der Waals surface area contributed by atoms with Crippen LogP contribution in [-0.4, -0.2) is 33.3 Å². The highest BCUT2D eigenvalue weighted by Gasteiger charge is 2.30. The summed E-state index contributed by atoms with van der Waals surface area (Å²) in [7, 11) is 0. The van der Waals surface area contributed by atoms with E-state index in [0.29, 0.717) is 22.0 Å². The van der Waals surface area contributed by atoms with Gasteiger partial charge in [0.25, 0.3) is 0 Å². The smallest absolute Gasteiger partial charge is 0.246 e. The number of aromatic amines is 1. The van der Waals surface area contributed by atoms with E-state index in [1.54, 1.807) is 30.9 Å². The first-order valence-corrected chi connectivity index (χ1v) is 11.8. The maximum atomic E-state index is 12.9. The van der Waals surface area contributed by atoms with Gasteiger partial charge in [0.15, 0.2) is 5.88 Å². The molecule has 0 spiro atoms. The van der Waals surface area contributed by atoms with E-state index in [1.165, 1.54) is 0 Å². The lowest BCUT2D eigenvalue weighted by atomic mass is 10.0. The minimum absolute atomic E-state index is 0.0169. The molecule has 3 aromatic carbocycles. The molecule has 7 heteroatoms. The van der Waals surface area contributed by atoms with Crippen LogP contribution in [0.25, 0.3) is 10.9 Å². The number of hydrogen-bond acceptors (Lipinski definition) is 4. The Kier molecular flexibility index (Phi) is 6.70. The molecule has 0 aliphatic rings. The number of fused-ring (bicyclic) bond motifs is 1. The summed E-state index contributed by atoms with van der Waals surface area (Å²) in [6.45, 7) is 7.32. The van der Waals surface area contributed by atoms with Crippen molar-refractivity contribution in [1.82, 2.24) is 4.98 Å². The lowest BCUT2D eigenvalue weighted by Gasteiger charge is -2.32. The van der Waals surface area contributed by atoms with Crippen LogP contribution in [0.2, 0.25) is 5.02 Å². The Morgan fingerprint density at radius 1 is 1.06 bits per heavy atom. The van der Waals surface area contributed by atoms with Crippen LogP contribution >= 0.6 is 11.6 Å². The predicted molar refractivity (Wildman–Crippen MR) is 144 cm³/mol. The van der Waals surface area contributed by atoms with E-state index in [-0.39, 0.29) is 17.8 Å². The Bertz CT molecular complexity index is 1380. The van der Waals surface area contributed by atoms with E-state index in [9.17, 15) is 9.90 Å². The number of aliphatic imine (C=N–C) groups is 1. The van der Waals surface area contributed by atoms with E-state index in [1.807, 2.05) is 74.5 Å². The van der Waals surface area contributed by atoms with Gasteiger partial charge in [-0.3, -0.25) is 4.79 Å². The summed E-state index contributed by atoms with van der Waals surface area (Å²) in [4.78, 5) is 22.5. The number of nitrogens with one attached hydrogen (secondary N) is 1. The number of nitrogens with zero attached hydrogens (tertiary/aromatic N) is 2. The van der Waals surface area contributed by atoms with E-state index in [0.717, 1.165) is 22.2 Å². The molecule has 1 amide bonds. The Labute approximate surface area is 210 Å². The van der Waals surface area contributed by atoms with E-state index < -0.39 is 5.54 Å². The second kappa shape index (κ2) is 9.56. The molecule has 0 bridgehead atoms. The van der Waals surface area contributed by atoms with Crippen molar-refractivity contribution in [2.75, 3.05) is 4.90 Å². The van der Waals surface area contributed by atoms with E-state index >= 15 is 0 Å². The maximum Gasteiger partial charge on any atom is 0.246 e. The zero-order valence-corrected chi connectivity index (χ0v) is 21.0. The fraction of sp³-hybridized carbons (Fsp3) is 0.214. The number of nitrogens with two attached hydrogens (primary N) is 1. The van der Waals surface area contributed by atoms with Gasteiger partial charge in [-0.1, -0.05) is 48.0 Å². The molecule has 180 valence electrons. The molecule has 0 radical (unpaired) electrons. The van der Waals surface area contributed by atoms with Crippen LogP contribution < -0.4 is 10.6 Å². The number of aromatic nitrogens is 1. The first kappa shape index (κ1) is 24.5. The standard InChI is InChI=1S/C28H29ClN4O2/c1-17(2)33(27(35)28(3,4)30)21-13-11-20(12-14-21)31-25(18-8-6-5-7-9-18)24-22-15-10-19(29)16-23(22)32-26(24)34/h5-17,32,34H,30H2,1-4H3. The third-order valence-corrected chi connectivity index (χ3v) is 5.92. The molecule has 0 atom stereocenters. The number of amides is 1. The number of hydrogen-bond donors (Lipinski definition) is 3. The zero-order chi connectivity index (χ0) is 25.3. The lowest BCUT2D eigenvalue weighted by Crippen LogP contribution is -2.53. The highest BCUT2D eigenvalue weighted by molar-refractivity contribution is 6.31. The second-order valence-corrected chi connectivity index (χ2v) is 9.81. The van der Waals surface area contributed by atoms with Crippen LogP contribution in [0.4, 0.5) is 11.4 Å². The van der Waals surface area contributed by atoms with Crippen molar-refractivity contribution in [1.29, 1.82) is 0 Å². The molecule has 4 rings (SSSR count). The largest absolute Gasteiger partial charge is 0.494 e. The molecular formula is C28H29ClN4O2. The predicted octanol–water partition coefficient (Wildman–Crippen LogP) is 6.17. The highest BCUT2D eigenvalue weighted by atomic mass is 35.5. The van der Waals surface area contributed by atoms with Gasteiger partial charge in [0, 0.05) is 27.7 Å². The van der Waals surface area contributed by atoms with Crippen LogP contribution in [0.3, 0.4) is 0 Å². The third-order valence-electron chi connectivity index (χ3n) is 5.68. The van der Waals surface area contributed by atoms with Gasteiger partial charge < -0.3 is 20.7 Å². The number of carbonyl (C=O) groups is 1. The summed E-state index contributed by atoms with van der Waals surface area (Å²) in [5.41, 5.74) is 9.31. The Morgan fingerprint density at radius 3 is 2.31 bits per heavy atom. The van der Waals surface area contributed by atoms with Gasteiger partial charge in [0.2, 0.25) is 5.91 Å². The number of H-pyrrole nitrogens is 1. The summed E-state index contributed by atoms with van der Waals surface area (Å²) < 4.78 is 0. The first-order valence-electron chi connectivity index (χ1n) is 11.4. The zero-order valence-electron chi connectivity index (χ0n) is 20.2. The molecule has 0 saturated carbocycles. The minimum Gasteiger partial charge on any atom is -0.494 e. The highest BCUT2D eigenvalue weighted by Crippen LogP contribution is 2.33. The van der Waals surface area contributed by atoms with Crippen LogP contribution in [0, 0.1) is 0 Å². The number of anilines is 1. The Hall–Kier alpha value is -3.61. The van der Waals surface area contributed by atoms with Gasteiger partial charge >= 0.3 is 0 Å². The van der Waals surface area contributed by atoms with Crippen LogP contribution in [-0.2, 0) is 4.79 Å². The number of aromatic hydroxyl groups is 1. The van der Waals surface area contributed by atoms with Crippen molar-refractivity contribution in [2.24, 2.45) is 10.7 Å². The Balaban J connectivity index is 1.82. The lowest BCUT2D eigenvalue weighted by molar-refractivity contribution is -0.123. The molecule has 6 nitrogen and oxygen atoms in total. The third kappa shape index (κ3) is 5.09. The summed E-state index contributed by atoms with van der Waals surface area (Å²) in [5, 5.41) is 12.2. The second-order valence-electron chi connectivity index (χ2n) is 9.37. The van der Waals surface area contributed by atoms with Crippen molar-refractivity contribution >= 4 is 45.5 Å². The summed E-state index contributed by atoms with van der Waals surface area (Å²) in [6.07, 6.45) is 0. The fourth-order valence-corrected chi connectivity index (χ4v) is 4.21. The van der Waals surface area contributed by atoms with Crippen LogP contribution in [0.5, 0.6) is 5.88 Å². The van der Waals surface area contributed by atoms with Crippen molar-refractivity contribution in [3.05, 3.63) is 88.9 Å². The van der Waals surface area contributed by atoms with Gasteiger partial charge in [0.05, 0.1) is 28.0 Å².